The minimum absolute atomic E-state index is 0.571. The lowest BCUT2D eigenvalue weighted by Gasteiger charge is -2.22. The van der Waals surface area contributed by atoms with Crippen molar-refractivity contribution >= 4 is 5.97 Å². The minimum atomic E-state index is -0.936. The molecular formula is C25H26O3. The molecule has 3 rings (SSSR count). The number of ether oxygens (including phenoxy) is 1. The van der Waals surface area contributed by atoms with Crippen molar-refractivity contribution in [2.45, 2.75) is 32.3 Å². The smallest absolute Gasteiger partial charge is 0.313 e. The second-order valence-corrected chi connectivity index (χ2v) is 7.46. The summed E-state index contributed by atoms with van der Waals surface area (Å²) in [6.07, 6.45) is 0.723. The Bertz CT molecular complexity index is 915. The van der Waals surface area contributed by atoms with E-state index in [1.54, 1.807) is 13.8 Å². The Balaban J connectivity index is 1.82. The van der Waals surface area contributed by atoms with Crippen LogP contribution in [0.15, 0.2) is 78.9 Å². The Hall–Kier alpha value is -2.91. The first-order valence-corrected chi connectivity index (χ1v) is 9.52. The van der Waals surface area contributed by atoms with Crippen molar-refractivity contribution < 1.29 is 14.6 Å². The highest BCUT2D eigenvalue weighted by atomic mass is 16.5. The van der Waals surface area contributed by atoms with Gasteiger partial charge in [-0.05, 0) is 48.1 Å². The van der Waals surface area contributed by atoms with E-state index in [0.29, 0.717) is 13.2 Å². The van der Waals surface area contributed by atoms with Crippen LogP contribution in [0.2, 0.25) is 0 Å². The van der Waals surface area contributed by atoms with Gasteiger partial charge in [-0.3, -0.25) is 4.79 Å². The molecule has 0 saturated carbocycles. The largest absolute Gasteiger partial charge is 0.481 e. The molecule has 3 aromatic carbocycles. The Morgan fingerprint density at radius 3 is 2.21 bits per heavy atom. The first kappa shape index (κ1) is 19.8. The maximum Gasteiger partial charge on any atom is 0.313 e. The highest BCUT2D eigenvalue weighted by Crippen LogP contribution is 2.30. The highest BCUT2D eigenvalue weighted by molar-refractivity contribution is 5.81. The van der Waals surface area contributed by atoms with Crippen molar-refractivity contribution in [2.24, 2.45) is 0 Å². The molecule has 0 amide bonds. The highest BCUT2D eigenvalue weighted by Gasteiger charge is 2.29. The molecule has 1 N–H and O–H groups in total. The number of carboxylic acids is 1. The molecular weight excluding hydrogens is 348 g/mol. The predicted molar refractivity (Wildman–Crippen MR) is 112 cm³/mol. The van der Waals surface area contributed by atoms with Gasteiger partial charge in [0.1, 0.15) is 0 Å². The third-order valence-electron chi connectivity index (χ3n) is 5.07. The van der Waals surface area contributed by atoms with Gasteiger partial charge in [-0.25, -0.2) is 0 Å². The average molecular weight is 374 g/mol. The summed E-state index contributed by atoms with van der Waals surface area (Å²) < 4.78 is 5.87. The summed E-state index contributed by atoms with van der Waals surface area (Å²) in [5.41, 5.74) is 4.36. The fraction of sp³-hybridized carbons (Fsp3) is 0.240. The van der Waals surface area contributed by atoms with Crippen LogP contribution < -0.4 is 0 Å². The molecule has 0 heterocycles. The fourth-order valence-corrected chi connectivity index (χ4v) is 3.16. The van der Waals surface area contributed by atoms with E-state index in [-0.39, 0.29) is 0 Å². The minimum Gasteiger partial charge on any atom is -0.481 e. The number of benzene rings is 3. The van der Waals surface area contributed by atoms with Crippen molar-refractivity contribution in [1.82, 2.24) is 0 Å². The average Bonchev–Trinajstić information content (AvgIpc) is 2.72. The zero-order chi connectivity index (χ0) is 20.0. The molecule has 0 unspecified atom stereocenters. The number of aliphatic carboxylic acids is 1. The lowest BCUT2D eigenvalue weighted by molar-refractivity contribution is -0.142. The normalized spacial score (nSPS) is 11.4. The second kappa shape index (κ2) is 8.85. The van der Waals surface area contributed by atoms with Gasteiger partial charge in [0, 0.05) is 0 Å². The third-order valence-corrected chi connectivity index (χ3v) is 5.07. The van der Waals surface area contributed by atoms with Gasteiger partial charge in [0.15, 0.2) is 0 Å². The van der Waals surface area contributed by atoms with E-state index in [2.05, 4.69) is 12.1 Å². The summed E-state index contributed by atoms with van der Waals surface area (Å²) in [6.45, 7) is 4.62. The van der Waals surface area contributed by atoms with Gasteiger partial charge < -0.3 is 9.84 Å². The van der Waals surface area contributed by atoms with Crippen LogP contribution in [0, 0.1) is 0 Å². The lowest BCUT2D eigenvalue weighted by atomic mass is 9.82. The van der Waals surface area contributed by atoms with Crippen LogP contribution in [0.5, 0.6) is 0 Å². The standard InChI is InChI=1S/C25H26O3/c1-25(2,24(26)27)22-13-14-23(20-11-7-4-8-12-20)21(17-22)15-16-28-18-19-9-5-3-6-10-19/h3-14,17H,15-16,18H2,1-2H3,(H,26,27). The van der Waals surface area contributed by atoms with Gasteiger partial charge in [0.05, 0.1) is 18.6 Å². The van der Waals surface area contributed by atoms with Crippen LogP contribution in [0.1, 0.15) is 30.5 Å². The van der Waals surface area contributed by atoms with Gasteiger partial charge in [-0.1, -0.05) is 78.9 Å². The van der Waals surface area contributed by atoms with Crippen LogP contribution in [-0.4, -0.2) is 17.7 Å². The zero-order valence-corrected chi connectivity index (χ0v) is 16.4. The molecule has 0 aliphatic rings. The summed E-state index contributed by atoms with van der Waals surface area (Å²) in [5, 5.41) is 9.59. The van der Waals surface area contributed by atoms with E-state index in [1.807, 2.05) is 66.7 Å². The third kappa shape index (κ3) is 4.68. The molecule has 0 aromatic heterocycles. The van der Waals surface area contributed by atoms with E-state index in [4.69, 9.17) is 4.74 Å². The predicted octanol–water partition coefficient (Wildman–Crippen LogP) is 5.48. The molecule has 0 radical (unpaired) electrons. The Morgan fingerprint density at radius 1 is 0.929 bits per heavy atom. The molecule has 28 heavy (non-hydrogen) atoms. The van der Waals surface area contributed by atoms with Crippen molar-refractivity contribution in [1.29, 1.82) is 0 Å². The summed E-state index contributed by atoms with van der Waals surface area (Å²) in [5.74, 6) is -0.828. The Kier molecular flexibility index (Phi) is 6.27. The molecule has 144 valence electrons. The molecule has 0 aliphatic heterocycles. The van der Waals surface area contributed by atoms with Crippen LogP contribution in [0.3, 0.4) is 0 Å². The maximum absolute atomic E-state index is 11.7. The summed E-state index contributed by atoms with van der Waals surface area (Å²) in [4.78, 5) is 11.7. The van der Waals surface area contributed by atoms with Crippen LogP contribution in [0.4, 0.5) is 0 Å². The monoisotopic (exact) mass is 374 g/mol. The molecule has 3 aromatic rings. The Labute approximate surface area is 166 Å². The molecule has 3 nitrogen and oxygen atoms in total. The SMILES string of the molecule is CC(C)(C(=O)O)c1ccc(-c2ccccc2)c(CCOCc2ccccc2)c1. The van der Waals surface area contributed by atoms with Gasteiger partial charge in [0.2, 0.25) is 0 Å². The number of hydrogen-bond acceptors (Lipinski definition) is 2. The summed E-state index contributed by atoms with van der Waals surface area (Å²) in [7, 11) is 0. The van der Waals surface area contributed by atoms with E-state index in [1.165, 1.54) is 0 Å². The number of carboxylic acid groups (broad SMARTS) is 1. The van der Waals surface area contributed by atoms with Gasteiger partial charge in [-0.2, -0.15) is 0 Å². The van der Waals surface area contributed by atoms with E-state index in [9.17, 15) is 9.90 Å². The molecule has 0 saturated heterocycles. The van der Waals surface area contributed by atoms with Crippen molar-refractivity contribution in [3.63, 3.8) is 0 Å². The number of hydrogen-bond donors (Lipinski definition) is 1. The summed E-state index contributed by atoms with van der Waals surface area (Å²) in [6, 6.07) is 26.2. The van der Waals surface area contributed by atoms with Crippen LogP contribution in [0.25, 0.3) is 11.1 Å². The van der Waals surface area contributed by atoms with Crippen LogP contribution >= 0.6 is 0 Å². The van der Waals surface area contributed by atoms with Gasteiger partial charge >= 0.3 is 5.97 Å². The molecule has 0 fully saturated rings. The molecule has 0 aliphatic carbocycles. The fourth-order valence-electron chi connectivity index (χ4n) is 3.16. The van der Waals surface area contributed by atoms with E-state index >= 15 is 0 Å². The lowest BCUT2D eigenvalue weighted by Crippen LogP contribution is -2.28. The number of rotatable bonds is 8. The van der Waals surface area contributed by atoms with E-state index in [0.717, 1.165) is 34.2 Å². The van der Waals surface area contributed by atoms with Crippen molar-refractivity contribution in [2.75, 3.05) is 6.61 Å². The van der Waals surface area contributed by atoms with Crippen molar-refractivity contribution in [3.05, 3.63) is 95.6 Å². The molecule has 0 spiro atoms. The maximum atomic E-state index is 11.7. The summed E-state index contributed by atoms with van der Waals surface area (Å²) >= 11 is 0. The molecule has 0 bridgehead atoms. The number of carbonyl (C=O) groups is 1. The van der Waals surface area contributed by atoms with Gasteiger partial charge in [0.25, 0.3) is 0 Å². The van der Waals surface area contributed by atoms with Gasteiger partial charge in [-0.15, -0.1) is 0 Å². The Morgan fingerprint density at radius 2 is 1.57 bits per heavy atom. The van der Waals surface area contributed by atoms with Crippen LogP contribution in [-0.2, 0) is 28.0 Å². The second-order valence-electron chi connectivity index (χ2n) is 7.46. The first-order chi connectivity index (χ1) is 13.5. The quantitative estimate of drug-likeness (QED) is 0.532. The first-order valence-electron chi connectivity index (χ1n) is 9.52. The molecule has 3 heteroatoms. The molecule has 0 atom stereocenters. The zero-order valence-electron chi connectivity index (χ0n) is 16.4. The van der Waals surface area contributed by atoms with E-state index < -0.39 is 11.4 Å². The topological polar surface area (TPSA) is 46.5 Å². The van der Waals surface area contributed by atoms with Crippen molar-refractivity contribution in [3.8, 4) is 11.1 Å².